The molecule has 2 unspecified atom stereocenters. The molecule has 52 valence electrons. The van der Waals surface area contributed by atoms with Gasteiger partial charge in [-0.2, -0.15) is 0 Å². The summed E-state index contributed by atoms with van der Waals surface area (Å²) in [6.45, 7) is 0. The molecule has 0 heterocycles. The van der Waals surface area contributed by atoms with Gasteiger partial charge in [0, 0.05) is 12.2 Å². The zero-order valence-electron chi connectivity index (χ0n) is 5.07. The predicted molar refractivity (Wildman–Crippen MR) is 32.8 cm³/mol. The first-order chi connectivity index (χ1) is 4.05. The summed E-state index contributed by atoms with van der Waals surface area (Å²) in [4.78, 5) is 9.96. The molecular formula is C5H8O3S. The molecule has 0 N–H and O–H groups in total. The molecule has 0 bridgehead atoms. The quantitative estimate of drug-likeness (QED) is 0.501. The van der Waals surface area contributed by atoms with E-state index in [0.717, 1.165) is 0 Å². The van der Waals surface area contributed by atoms with Crippen molar-refractivity contribution in [2.24, 2.45) is 5.92 Å². The van der Waals surface area contributed by atoms with Gasteiger partial charge in [-0.1, -0.05) is 0 Å². The molecule has 9 heavy (non-hydrogen) atoms. The smallest absolute Gasteiger partial charge is 0.151 e. The number of hydrogen-bond donors (Lipinski definition) is 0. The lowest BCUT2D eigenvalue weighted by atomic mass is 10.5. The normalized spacial score (nSPS) is 33.9. The Hall–Kier alpha value is -0.380. The van der Waals surface area contributed by atoms with Crippen molar-refractivity contribution in [1.29, 1.82) is 0 Å². The molecule has 1 saturated carbocycles. The van der Waals surface area contributed by atoms with E-state index in [1.165, 1.54) is 6.26 Å². The topological polar surface area (TPSA) is 51.2 Å². The minimum atomic E-state index is -2.92. The Labute approximate surface area is 54.0 Å². The summed E-state index contributed by atoms with van der Waals surface area (Å²) in [6, 6.07) is 0. The van der Waals surface area contributed by atoms with Gasteiger partial charge in [-0.05, 0) is 6.42 Å². The third-order valence-electron chi connectivity index (χ3n) is 1.50. The van der Waals surface area contributed by atoms with Crippen LogP contribution in [0.15, 0.2) is 0 Å². The van der Waals surface area contributed by atoms with Crippen LogP contribution in [0.4, 0.5) is 0 Å². The summed E-state index contributed by atoms with van der Waals surface area (Å²) >= 11 is 0. The fourth-order valence-electron chi connectivity index (χ4n) is 0.825. The highest BCUT2D eigenvalue weighted by Gasteiger charge is 2.44. The van der Waals surface area contributed by atoms with E-state index in [-0.39, 0.29) is 11.2 Å². The van der Waals surface area contributed by atoms with Crippen LogP contribution in [0.25, 0.3) is 0 Å². The lowest BCUT2D eigenvalue weighted by molar-refractivity contribution is -0.108. The second-order valence-corrected chi connectivity index (χ2v) is 4.67. The van der Waals surface area contributed by atoms with E-state index in [1.807, 2.05) is 0 Å². The van der Waals surface area contributed by atoms with Crippen LogP contribution in [0.2, 0.25) is 0 Å². The highest BCUT2D eigenvalue weighted by atomic mass is 32.2. The Morgan fingerprint density at radius 3 is 2.22 bits per heavy atom. The van der Waals surface area contributed by atoms with E-state index in [0.29, 0.717) is 12.7 Å². The molecule has 0 saturated heterocycles. The van der Waals surface area contributed by atoms with E-state index in [2.05, 4.69) is 0 Å². The maximum absolute atomic E-state index is 10.6. The third kappa shape index (κ3) is 1.30. The minimum Gasteiger partial charge on any atom is -0.303 e. The number of hydrogen-bond acceptors (Lipinski definition) is 3. The van der Waals surface area contributed by atoms with Crippen LogP contribution in [0, 0.1) is 5.92 Å². The first-order valence-corrected chi connectivity index (χ1v) is 4.65. The SMILES string of the molecule is CS(=O)(=O)C1CC1C=O. The van der Waals surface area contributed by atoms with Gasteiger partial charge in [-0.3, -0.25) is 0 Å². The molecule has 0 spiro atoms. The van der Waals surface area contributed by atoms with Gasteiger partial charge in [0.1, 0.15) is 6.29 Å². The molecule has 1 fully saturated rings. The molecule has 0 aromatic carbocycles. The van der Waals surface area contributed by atoms with Crippen molar-refractivity contribution in [2.45, 2.75) is 11.7 Å². The highest BCUT2D eigenvalue weighted by Crippen LogP contribution is 2.34. The second kappa shape index (κ2) is 1.80. The molecule has 3 nitrogen and oxygen atoms in total. The van der Waals surface area contributed by atoms with Gasteiger partial charge in [0.25, 0.3) is 0 Å². The maximum Gasteiger partial charge on any atom is 0.151 e. The van der Waals surface area contributed by atoms with Crippen molar-refractivity contribution >= 4 is 16.1 Å². The molecule has 4 heteroatoms. The number of aldehydes is 1. The van der Waals surface area contributed by atoms with Crippen molar-refractivity contribution < 1.29 is 13.2 Å². The van der Waals surface area contributed by atoms with Crippen molar-refractivity contribution in [2.75, 3.05) is 6.26 Å². The zero-order chi connectivity index (χ0) is 7.07. The summed E-state index contributed by atoms with van der Waals surface area (Å²) < 4.78 is 21.2. The van der Waals surface area contributed by atoms with E-state index in [9.17, 15) is 13.2 Å². The monoisotopic (exact) mass is 148 g/mol. The Kier molecular flexibility index (Phi) is 1.35. The molecule has 0 aromatic rings. The highest BCUT2D eigenvalue weighted by molar-refractivity contribution is 7.91. The van der Waals surface area contributed by atoms with Crippen LogP contribution in [0.5, 0.6) is 0 Å². The average Bonchev–Trinajstić information content (AvgIpc) is 2.39. The Morgan fingerprint density at radius 1 is 1.56 bits per heavy atom. The summed E-state index contributed by atoms with van der Waals surface area (Å²) in [7, 11) is -2.92. The standard InChI is InChI=1S/C5H8O3S/c1-9(7,8)5-2-4(5)3-6/h3-5H,2H2,1H3. The van der Waals surface area contributed by atoms with Crippen molar-refractivity contribution in [3.8, 4) is 0 Å². The first kappa shape index (κ1) is 6.74. The molecule has 0 amide bonds. The minimum absolute atomic E-state index is 0.208. The fraction of sp³-hybridized carbons (Fsp3) is 0.800. The van der Waals surface area contributed by atoms with Gasteiger partial charge < -0.3 is 4.79 Å². The molecule has 1 aliphatic rings. The largest absolute Gasteiger partial charge is 0.303 e. The fourth-order valence-corrected chi connectivity index (χ4v) is 2.10. The first-order valence-electron chi connectivity index (χ1n) is 2.70. The second-order valence-electron chi connectivity index (χ2n) is 2.40. The molecule has 0 aliphatic heterocycles. The lowest BCUT2D eigenvalue weighted by Gasteiger charge is -1.87. The predicted octanol–water partition coefficient (Wildman–Crippen LogP) is -0.382. The Bertz CT molecular complexity index is 216. The number of carbonyl (C=O) groups excluding carboxylic acids is 1. The van der Waals surface area contributed by atoms with E-state index < -0.39 is 9.84 Å². The average molecular weight is 148 g/mol. The Morgan fingerprint density at radius 2 is 2.11 bits per heavy atom. The van der Waals surface area contributed by atoms with Gasteiger partial charge in [-0.25, -0.2) is 8.42 Å². The third-order valence-corrected chi connectivity index (χ3v) is 3.15. The molecular weight excluding hydrogens is 140 g/mol. The van der Waals surface area contributed by atoms with Crippen molar-refractivity contribution in [1.82, 2.24) is 0 Å². The van der Waals surface area contributed by atoms with Crippen LogP contribution in [0.1, 0.15) is 6.42 Å². The van der Waals surface area contributed by atoms with E-state index >= 15 is 0 Å². The Balaban J connectivity index is 2.63. The van der Waals surface area contributed by atoms with Crippen LogP contribution in [-0.4, -0.2) is 26.2 Å². The van der Waals surface area contributed by atoms with E-state index in [4.69, 9.17) is 0 Å². The van der Waals surface area contributed by atoms with Gasteiger partial charge in [0.15, 0.2) is 9.84 Å². The summed E-state index contributed by atoms with van der Waals surface area (Å²) in [6.07, 6.45) is 2.41. The maximum atomic E-state index is 10.6. The van der Waals surface area contributed by atoms with Gasteiger partial charge in [0.05, 0.1) is 5.25 Å². The van der Waals surface area contributed by atoms with Gasteiger partial charge >= 0.3 is 0 Å². The van der Waals surface area contributed by atoms with Crippen LogP contribution < -0.4 is 0 Å². The molecule has 0 aromatic heterocycles. The van der Waals surface area contributed by atoms with Crippen LogP contribution >= 0.6 is 0 Å². The molecule has 1 aliphatic carbocycles. The number of sulfone groups is 1. The summed E-state index contributed by atoms with van der Waals surface area (Å²) in [5, 5.41) is -0.366. The van der Waals surface area contributed by atoms with E-state index in [1.54, 1.807) is 0 Å². The summed E-state index contributed by atoms with van der Waals surface area (Å²) in [5.74, 6) is -0.208. The van der Waals surface area contributed by atoms with Crippen LogP contribution in [0.3, 0.4) is 0 Å². The number of rotatable bonds is 2. The van der Waals surface area contributed by atoms with Crippen molar-refractivity contribution in [3.05, 3.63) is 0 Å². The van der Waals surface area contributed by atoms with Gasteiger partial charge in [0.2, 0.25) is 0 Å². The molecule has 1 rings (SSSR count). The zero-order valence-corrected chi connectivity index (χ0v) is 5.89. The lowest BCUT2D eigenvalue weighted by Crippen LogP contribution is -2.05. The summed E-state index contributed by atoms with van der Waals surface area (Å²) in [5.41, 5.74) is 0. The molecule has 2 atom stereocenters. The van der Waals surface area contributed by atoms with Crippen molar-refractivity contribution in [3.63, 3.8) is 0 Å². The molecule has 0 radical (unpaired) electrons. The number of carbonyl (C=O) groups is 1. The van der Waals surface area contributed by atoms with Crippen LogP contribution in [-0.2, 0) is 14.6 Å². The van der Waals surface area contributed by atoms with Gasteiger partial charge in [-0.15, -0.1) is 0 Å².